The van der Waals surface area contributed by atoms with Gasteiger partial charge in [-0.25, -0.2) is 0 Å². The minimum Gasteiger partial charge on any atom is -0.479 e. The molecule has 1 saturated heterocycles. The van der Waals surface area contributed by atoms with E-state index < -0.39 is 6.10 Å². The van der Waals surface area contributed by atoms with Crippen LogP contribution in [0.1, 0.15) is 13.8 Å². The van der Waals surface area contributed by atoms with E-state index in [0.29, 0.717) is 31.1 Å². The molecule has 118 valence electrons. The molecule has 0 radical (unpaired) electrons. The van der Waals surface area contributed by atoms with Gasteiger partial charge in [0.2, 0.25) is 5.91 Å². The van der Waals surface area contributed by atoms with Gasteiger partial charge in [0.05, 0.1) is 18.4 Å². The predicted octanol–water partition coefficient (Wildman–Crippen LogP) is 1.05. The highest BCUT2D eigenvalue weighted by Crippen LogP contribution is 2.33. The molecule has 2 unspecified atom stereocenters. The SMILES string of the molecule is CC1CN(C(=O)CN2C(=O)C(C)Oc3ccccc32)CCO1. The van der Waals surface area contributed by atoms with Crippen molar-refractivity contribution in [3.63, 3.8) is 0 Å². The summed E-state index contributed by atoms with van der Waals surface area (Å²) in [6.45, 7) is 5.35. The van der Waals surface area contributed by atoms with Crippen LogP contribution in [0, 0.1) is 0 Å². The number of hydrogen-bond donors (Lipinski definition) is 0. The van der Waals surface area contributed by atoms with Crippen LogP contribution in [0.2, 0.25) is 0 Å². The van der Waals surface area contributed by atoms with E-state index >= 15 is 0 Å². The zero-order valence-corrected chi connectivity index (χ0v) is 12.8. The molecule has 1 aromatic rings. The summed E-state index contributed by atoms with van der Waals surface area (Å²) in [5.41, 5.74) is 0.653. The van der Waals surface area contributed by atoms with Gasteiger partial charge in [-0.2, -0.15) is 0 Å². The number of carbonyl (C=O) groups is 2. The number of nitrogens with zero attached hydrogens (tertiary/aromatic N) is 2. The second kappa shape index (κ2) is 5.96. The molecule has 6 nitrogen and oxygen atoms in total. The van der Waals surface area contributed by atoms with Gasteiger partial charge in [-0.3, -0.25) is 14.5 Å². The summed E-state index contributed by atoms with van der Waals surface area (Å²) in [7, 11) is 0. The maximum Gasteiger partial charge on any atom is 0.268 e. The van der Waals surface area contributed by atoms with Gasteiger partial charge in [0.25, 0.3) is 5.91 Å². The molecule has 2 atom stereocenters. The lowest BCUT2D eigenvalue weighted by Gasteiger charge is -2.36. The third kappa shape index (κ3) is 2.78. The Labute approximate surface area is 129 Å². The Morgan fingerprint density at radius 2 is 2.09 bits per heavy atom. The van der Waals surface area contributed by atoms with Crippen LogP contribution < -0.4 is 9.64 Å². The van der Waals surface area contributed by atoms with Gasteiger partial charge in [0.1, 0.15) is 12.3 Å². The topological polar surface area (TPSA) is 59.1 Å². The van der Waals surface area contributed by atoms with E-state index in [1.807, 2.05) is 25.1 Å². The molecule has 0 N–H and O–H groups in total. The number of ether oxygens (including phenoxy) is 2. The van der Waals surface area contributed by atoms with Gasteiger partial charge in [-0.05, 0) is 26.0 Å². The monoisotopic (exact) mass is 304 g/mol. The van der Waals surface area contributed by atoms with E-state index in [0.717, 1.165) is 0 Å². The number of rotatable bonds is 2. The molecule has 2 aliphatic heterocycles. The molecule has 2 amide bonds. The zero-order chi connectivity index (χ0) is 15.7. The summed E-state index contributed by atoms with van der Waals surface area (Å²) < 4.78 is 11.0. The number of benzene rings is 1. The second-order valence-electron chi connectivity index (χ2n) is 5.67. The molecule has 22 heavy (non-hydrogen) atoms. The fraction of sp³-hybridized carbons (Fsp3) is 0.500. The zero-order valence-electron chi connectivity index (χ0n) is 12.8. The van der Waals surface area contributed by atoms with Crippen LogP contribution >= 0.6 is 0 Å². The first kappa shape index (κ1) is 14.8. The largest absolute Gasteiger partial charge is 0.479 e. The van der Waals surface area contributed by atoms with Crippen molar-refractivity contribution in [2.45, 2.75) is 26.1 Å². The molecule has 0 spiro atoms. The fourth-order valence-electron chi connectivity index (χ4n) is 2.80. The molecule has 2 aliphatic rings. The highest BCUT2D eigenvalue weighted by Gasteiger charge is 2.34. The van der Waals surface area contributed by atoms with Crippen LogP contribution in [-0.4, -0.2) is 55.2 Å². The molecule has 0 aromatic heterocycles. The summed E-state index contributed by atoms with van der Waals surface area (Å²) in [6, 6.07) is 7.30. The second-order valence-corrected chi connectivity index (χ2v) is 5.67. The standard InChI is InChI=1S/C16H20N2O4/c1-11-9-17(7-8-21-11)15(19)10-18-13-5-3-4-6-14(13)22-12(2)16(18)20/h3-6,11-12H,7-10H2,1-2H3. The van der Waals surface area contributed by atoms with Gasteiger partial charge in [0, 0.05) is 13.1 Å². The number of carbonyl (C=O) groups excluding carboxylic acids is 2. The first-order valence-electron chi connectivity index (χ1n) is 7.52. The van der Waals surface area contributed by atoms with Gasteiger partial charge < -0.3 is 14.4 Å². The highest BCUT2D eigenvalue weighted by atomic mass is 16.5. The maximum atomic E-state index is 12.5. The average molecular weight is 304 g/mol. The first-order valence-corrected chi connectivity index (χ1v) is 7.52. The third-order valence-electron chi connectivity index (χ3n) is 3.96. The van der Waals surface area contributed by atoms with Crippen LogP contribution in [0.25, 0.3) is 0 Å². The summed E-state index contributed by atoms with van der Waals surface area (Å²) in [6.07, 6.45) is -0.546. The molecule has 2 heterocycles. The van der Waals surface area contributed by atoms with Crippen molar-refractivity contribution in [3.8, 4) is 5.75 Å². The van der Waals surface area contributed by atoms with Crippen molar-refractivity contribution in [1.82, 2.24) is 4.90 Å². The molecule has 1 fully saturated rings. The maximum absolute atomic E-state index is 12.5. The lowest BCUT2D eigenvalue weighted by Crippen LogP contribution is -2.52. The number of hydrogen-bond acceptors (Lipinski definition) is 4. The van der Waals surface area contributed by atoms with Crippen LogP contribution in [0.4, 0.5) is 5.69 Å². The Balaban J connectivity index is 1.78. The van der Waals surface area contributed by atoms with Crippen molar-refractivity contribution < 1.29 is 19.1 Å². The van der Waals surface area contributed by atoms with Crippen molar-refractivity contribution in [3.05, 3.63) is 24.3 Å². The molecule has 3 rings (SSSR count). The Bertz CT molecular complexity index is 589. The molecule has 1 aromatic carbocycles. The fourth-order valence-corrected chi connectivity index (χ4v) is 2.80. The lowest BCUT2D eigenvalue weighted by atomic mass is 10.2. The molecule has 6 heteroatoms. The van der Waals surface area contributed by atoms with E-state index in [-0.39, 0.29) is 24.5 Å². The molecular weight excluding hydrogens is 284 g/mol. The van der Waals surface area contributed by atoms with E-state index in [2.05, 4.69) is 0 Å². The van der Waals surface area contributed by atoms with E-state index in [1.54, 1.807) is 17.9 Å². The van der Waals surface area contributed by atoms with Crippen molar-refractivity contribution >= 4 is 17.5 Å². The van der Waals surface area contributed by atoms with Gasteiger partial charge >= 0.3 is 0 Å². The number of morpholine rings is 1. The van der Waals surface area contributed by atoms with Crippen molar-refractivity contribution in [1.29, 1.82) is 0 Å². The molecule has 0 bridgehead atoms. The predicted molar refractivity (Wildman–Crippen MR) is 80.9 cm³/mol. The normalized spacial score (nSPS) is 24.7. The Morgan fingerprint density at radius 1 is 1.32 bits per heavy atom. The summed E-state index contributed by atoms with van der Waals surface area (Å²) in [5, 5.41) is 0. The Kier molecular flexibility index (Phi) is 4.02. The Hall–Kier alpha value is -2.08. The van der Waals surface area contributed by atoms with E-state index in [4.69, 9.17) is 9.47 Å². The number of amides is 2. The van der Waals surface area contributed by atoms with E-state index in [9.17, 15) is 9.59 Å². The number of anilines is 1. The van der Waals surface area contributed by atoms with Crippen LogP contribution in [0.5, 0.6) is 5.75 Å². The van der Waals surface area contributed by atoms with Crippen LogP contribution in [0.3, 0.4) is 0 Å². The molecule has 0 aliphatic carbocycles. The van der Waals surface area contributed by atoms with Crippen LogP contribution in [-0.2, 0) is 14.3 Å². The highest BCUT2D eigenvalue weighted by molar-refractivity contribution is 6.03. The number of para-hydroxylation sites is 2. The minimum atomic E-state index is -0.577. The first-order chi connectivity index (χ1) is 10.6. The van der Waals surface area contributed by atoms with Crippen LogP contribution in [0.15, 0.2) is 24.3 Å². The van der Waals surface area contributed by atoms with Crippen molar-refractivity contribution in [2.24, 2.45) is 0 Å². The van der Waals surface area contributed by atoms with Crippen molar-refractivity contribution in [2.75, 3.05) is 31.1 Å². The minimum absolute atomic E-state index is 0.0318. The quantitative estimate of drug-likeness (QED) is 0.819. The van der Waals surface area contributed by atoms with E-state index in [1.165, 1.54) is 4.90 Å². The number of fused-ring (bicyclic) bond motifs is 1. The Morgan fingerprint density at radius 3 is 2.86 bits per heavy atom. The summed E-state index contributed by atoms with van der Waals surface area (Å²) in [4.78, 5) is 28.2. The van der Waals surface area contributed by atoms with Gasteiger partial charge in [-0.1, -0.05) is 12.1 Å². The summed E-state index contributed by atoms with van der Waals surface area (Å²) in [5.74, 6) is 0.388. The third-order valence-corrected chi connectivity index (χ3v) is 3.96. The average Bonchev–Trinajstić information content (AvgIpc) is 2.51. The molecule has 0 saturated carbocycles. The van der Waals surface area contributed by atoms with Gasteiger partial charge in [-0.15, -0.1) is 0 Å². The van der Waals surface area contributed by atoms with Gasteiger partial charge in [0.15, 0.2) is 6.10 Å². The summed E-state index contributed by atoms with van der Waals surface area (Å²) >= 11 is 0. The lowest BCUT2D eigenvalue weighted by molar-refractivity contribution is -0.138. The smallest absolute Gasteiger partial charge is 0.268 e. The molecular formula is C16H20N2O4.